The number of hydrogen-bond acceptors (Lipinski definition) is 1. The average Bonchev–Trinajstić information content (AvgIpc) is 2.50. The van der Waals surface area contributed by atoms with Crippen LogP contribution in [0.4, 0.5) is 0 Å². The quantitative estimate of drug-likeness (QED) is 0.507. The van der Waals surface area contributed by atoms with Crippen LogP contribution in [0.3, 0.4) is 0 Å². The summed E-state index contributed by atoms with van der Waals surface area (Å²) >= 11 is 0. The second-order valence-corrected chi connectivity index (χ2v) is 7.88. The highest BCUT2D eigenvalue weighted by molar-refractivity contribution is 4.85. The van der Waals surface area contributed by atoms with Crippen molar-refractivity contribution in [2.45, 2.75) is 97.5 Å². The van der Waals surface area contributed by atoms with Crippen molar-refractivity contribution in [3.63, 3.8) is 0 Å². The van der Waals surface area contributed by atoms with Crippen molar-refractivity contribution in [3.05, 3.63) is 0 Å². The van der Waals surface area contributed by atoms with E-state index in [9.17, 15) is 0 Å². The van der Waals surface area contributed by atoms with Gasteiger partial charge < -0.3 is 4.74 Å². The highest BCUT2D eigenvalue weighted by atomic mass is 16.5. The minimum Gasteiger partial charge on any atom is -0.378 e. The van der Waals surface area contributed by atoms with Crippen LogP contribution >= 0.6 is 0 Å². The highest BCUT2D eigenvalue weighted by Gasteiger charge is 2.34. The third-order valence-corrected chi connectivity index (χ3v) is 6.22. The predicted molar refractivity (Wildman–Crippen MR) is 91.5 cm³/mol. The molecule has 2 fully saturated rings. The van der Waals surface area contributed by atoms with E-state index in [1.165, 1.54) is 70.6 Å². The lowest BCUT2D eigenvalue weighted by Gasteiger charge is -2.40. The smallest absolute Gasteiger partial charge is 0.0600 e. The van der Waals surface area contributed by atoms with Crippen LogP contribution in [0.25, 0.3) is 0 Å². The molecule has 3 atom stereocenters. The topological polar surface area (TPSA) is 9.23 Å². The van der Waals surface area contributed by atoms with E-state index in [-0.39, 0.29) is 0 Å². The zero-order chi connectivity index (χ0) is 15.1. The van der Waals surface area contributed by atoms with Crippen molar-refractivity contribution >= 4 is 0 Å². The zero-order valence-corrected chi connectivity index (χ0v) is 14.8. The fourth-order valence-corrected chi connectivity index (χ4v) is 4.82. The lowest BCUT2D eigenvalue weighted by atomic mass is 9.68. The van der Waals surface area contributed by atoms with E-state index < -0.39 is 0 Å². The molecule has 0 saturated heterocycles. The third kappa shape index (κ3) is 5.27. The summed E-state index contributed by atoms with van der Waals surface area (Å²) in [7, 11) is 0. The van der Waals surface area contributed by atoms with Gasteiger partial charge in [-0.25, -0.2) is 0 Å². The van der Waals surface area contributed by atoms with Crippen molar-refractivity contribution in [3.8, 4) is 0 Å². The molecule has 0 radical (unpaired) electrons. The average molecular weight is 295 g/mol. The minimum atomic E-state index is 0.559. The van der Waals surface area contributed by atoms with Crippen LogP contribution in [0.5, 0.6) is 0 Å². The molecule has 0 amide bonds. The van der Waals surface area contributed by atoms with Crippen LogP contribution in [0.2, 0.25) is 0 Å². The number of unbranched alkanes of at least 4 members (excludes halogenated alkanes) is 1. The molecule has 1 unspecified atom stereocenters. The van der Waals surface area contributed by atoms with Crippen molar-refractivity contribution in [2.24, 2.45) is 23.7 Å². The van der Waals surface area contributed by atoms with Gasteiger partial charge >= 0.3 is 0 Å². The summed E-state index contributed by atoms with van der Waals surface area (Å²) in [4.78, 5) is 0. The van der Waals surface area contributed by atoms with E-state index in [1.54, 1.807) is 0 Å². The van der Waals surface area contributed by atoms with Gasteiger partial charge in [0.25, 0.3) is 0 Å². The molecule has 124 valence electrons. The molecule has 0 spiro atoms. The van der Waals surface area contributed by atoms with Crippen molar-refractivity contribution < 1.29 is 4.74 Å². The maximum atomic E-state index is 6.12. The summed E-state index contributed by atoms with van der Waals surface area (Å²) in [5.74, 6) is 3.89. The van der Waals surface area contributed by atoms with Crippen LogP contribution in [0.1, 0.15) is 91.4 Å². The summed E-state index contributed by atoms with van der Waals surface area (Å²) < 4.78 is 6.12. The molecular weight excluding hydrogens is 256 g/mol. The standard InChI is InChI=1S/C20H38O/c1-4-6-14-21-20-13-12-19(15-16(20)3)18-10-8-17(7-5-2)9-11-18/h16-20H,4-15H2,1-3H3/t16-,17?,18?,19?,20-/m1/s1. The van der Waals surface area contributed by atoms with Gasteiger partial charge in [-0.3, -0.25) is 0 Å². The predicted octanol–water partition coefficient (Wildman–Crippen LogP) is 6.21. The molecule has 0 aromatic heterocycles. The molecule has 2 rings (SSSR count). The van der Waals surface area contributed by atoms with E-state index >= 15 is 0 Å². The molecule has 1 heteroatoms. The Kier molecular flexibility index (Phi) is 7.57. The van der Waals surface area contributed by atoms with Crippen LogP contribution in [0.15, 0.2) is 0 Å². The molecular formula is C20H38O. The van der Waals surface area contributed by atoms with E-state index in [0.29, 0.717) is 6.10 Å². The SMILES string of the molecule is CCCCO[C@@H]1CCC(C2CCC(CCC)CC2)C[C@H]1C. The maximum absolute atomic E-state index is 6.12. The molecule has 0 N–H and O–H groups in total. The summed E-state index contributed by atoms with van der Waals surface area (Å²) in [5.41, 5.74) is 0. The first-order valence-electron chi connectivity index (χ1n) is 9.86. The van der Waals surface area contributed by atoms with Gasteiger partial charge in [-0.1, -0.05) is 52.9 Å². The normalized spacial score (nSPS) is 37.6. The Morgan fingerprint density at radius 2 is 1.57 bits per heavy atom. The van der Waals surface area contributed by atoms with Gasteiger partial charge in [0, 0.05) is 6.61 Å². The van der Waals surface area contributed by atoms with Crippen molar-refractivity contribution in [2.75, 3.05) is 6.61 Å². The zero-order valence-electron chi connectivity index (χ0n) is 14.8. The van der Waals surface area contributed by atoms with Gasteiger partial charge in [-0.15, -0.1) is 0 Å². The fraction of sp³-hybridized carbons (Fsp3) is 1.00. The van der Waals surface area contributed by atoms with Gasteiger partial charge in [0.2, 0.25) is 0 Å². The molecule has 0 aliphatic heterocycles. The Hall–Kier alpha value is -0.0400. The second kappa shape index (κ2) is 9.18. The maximum Gasteiger partial charge on any atom is 0.0600 e. The Balaban J connectivity index is 1.70. The van der Waals surface area contributed by atoms with E-state index in [0.717, 1.165) is 30.3 Å². The van der Waals surface area contributed by atoms with Crippen LogP contribution in [-0.2, 0) is 4.74 Å². The first-order valence-corrected chi connectivity index (χ1v) is 9.86. The molecule has 2 aliphatic carbocycles. The molecule has 21 heavy (non-hydrogen) atoms. The summed E-state index contributed by atoms with van der Waals surface area (Å²) in [6, 6.07) is 0. The van der Waals surface area contributed by atoms with Gasteiger partial charge in [0.15, 0.2) is 0 Å². The first kappa shape index (κ1) is 17.3. The third-order valence-electron chi connectivity index (χ3n) is 6.22. The fourth-order valence-electron chi connectivity index (χ4n) is 4.82. The summed E-state index contributed by atoms with van der Waals surface area (Å²) in [5, 5.41) is 0. The Bertz CT molecular complexity index is 267. The minimum absolute atomic E-state index is 0.559. The monoisotopic (exact) mass is 294 g/mol. The largest absolute Gasteiger partial charge is 0.378 e. The van der Waals surface area contributed by atoms with Crippen LogP contribution in [-0.4, -0.2) is 12.7 Å². The Morgan fingerprint density at radius 3 is 2.19 bits per heavy atom. The van der Waals surface area contributed by atoms with Gasteiger partial charge in [0.05, 0.1) is 6.10 Å². The Labute approximate surface area is 133 Å². The molecule has 0 heterocycles. The van der Waals surface area contributed by atoms with Crippen molar-refractivity contribution in [1.82, 2.24) is 0 Å². The van der Waals surface area contributed by atoms with E-state index in [2.05, 4.69) is 20.8 Å². The van der Waals surface area contributed by atoms with E-state index in [1.807, 2.05) is 0 Å². The van der Waals surface area contributed by atoms with Crippen LogP contribution in [0, 0.1) is 23.7 Å². The summed E-state index contributed by atoms with van der Waals surface area (Å²) in [6.45, 7) is 8.01. The number of ether oxygens (including phenoxy) is 1. The summed E-state index contributed by atoms with van der Waals surface area (Å²) in [6.07, 6.45) is 16.2. The van der Waals surface area contributed by atoms with Crippen molar-refractivity contribution in [1.29, 1.82) is 0 Å². The lowest BCUT2D eigenvalue weighted by Crippen LogP contribution is -2.34. The molecule has 2 aliphatic rings. The van der Waals surface area contributed by atoms with Crippen LogP contribution < -0.4 is 0 Å². The number of hydrogen-bond donors (Lipinski definition) is 0. The number of rotatable bonds is 7. The van der Waals surface area contributed by atoms with Gasteiger partial charge in [-0.2, -0.15) is 0 Å². The van der Waals surface area contributed by atoms with E-state index in [4.69, 9.17) is 4.74 Å². The first-order chi connectivity index (χ1) is 10.2. The van der Waals surface area contributed by atoms with Gasteiger partial charge in [-0.05, 0) is 62.2 Å². The molecule has 1 nitrogen and oxygen atoms in total. The highest BCUT2D eigenvalue weighted by Crippen LogP contribution is 2.43. The molecule has 2 saturated carbocycles. The van der Waals surface area contributed by atoms with Gasteiger partial charge in [0.1, 0.15) is 0 Å². The molecule has 0 bridgehead atoms. The second-order valence-electron chi connectivity index (χ2n) is 7.88. The molecule has 0 aromatic carbocycles. The lowest BCUT2D eigenvalue weighted by molar-refractivity contribution is -0.0286. The Morgan fingerprint density at radius 1 is 0.857 bits per heavy atom. The molecule has 0 aromatic rings.